The average Bonchev–Trinajstić information content (AvgIpc) is 3.58. The van der Waals surface area contributed by atoms with Crippen molar-refractivity contribution in [2.45, 2.75) is 45.3 Å². The van der Waals surface area contributed by atoms with Crippen molar-refractivity contribution in [1.29, 1.82) is 0 Å². The zero-order valence-corrected chi connectivity index (χ0v) is 28.0. The lowest BCUT2D eigenvalue weighted by molar-refractivity contribution is 0.0821. The summed E-state index contributed by atoms with van der Waals surface area (Å²) < 4.78 is 25.1. The smallest absolute Gasteiger partial charge is 0.319 e. The standard InChI is InChI=1S/C36H38FN9O3/c1-5-24-28(37)8-7-20-13-23(47)15-25(31(20)24)26-16-29-32(27-18-44(4)42-33(26)27)34(40-36(39-29)49-19-21-9-10-38-21)45-11-6-12-46-22(17-45)14-30(41-46)35(48)43(2)3/h7-8,13-16,18,21,38,47H,5-6,9-12,17,19H2,1-4H3/t21-/m0/s1. The molecule has 5 heterocycles. The van der Waals surface area contributed by atoms with Crippen LogP contribution in [0.1, 0.15) is 41.5 Å². The number of aryl methyl sites for hydroxylation is 3. The SMILES string of the molecule is CCc1c(F)ccc2cc(O)cc(-c3cc4nc(OC[C@@H]5CCN5)nc(N5CCCn6nc(C(=O)N(C)C)cc6C5)c4c4cn(C)nc34)c12. The van der Waals surface area contributed by atoms with Gasteiger partial charge in [0.25, 0.3) is 5.91 Å². The predicted octanol–water partition coefficient (Wildman–Crippen LogP) is 4.79. The van der Waals surface area contributed by atoms with E-state index < -0.39 is 0 Å². The molecular formula is C36H38FN9O3. The normalized spacial score (nSPS) is 16.2. The number of halogens is 1. The topological polar surface area (TPSA) is 126 Å². The molecular weight excluding hydrogens is 625 g/mol. The number of nitrogens with zero attached hydrogens (tertiary/aromatic N) is 8. The lowest BCUT2D eigenvalue weighted by atomic mass is 9.91. The molecule has 0 spiro atoms. The Morgan fingerprint density at radius 2 is 1.94 bits per heavy atom. The molecule has 6 aromatic rings. The maximum atomic E-state index is 15.2. The fourth-order valence-corrected chi connectivity index (χ4v) is 7.08. The van der Waals surface area contributed by atoms with Gasteiger partial charge in [0.1, 0.15) is 29.5 Å². The fourth-order valence-electron chi connectivity index (χ4n) is 7.08. The van der Waals surface area contributed by atoms with Gasteiger partial charge in [0.05, 0.1) is 23.1 Å². The first-order valence-electron chi connectivity index (χ1n) is 16.7. The van der Waals surface area contributed by atoms with Gasteiger partial charge in [-0.2, -0.15) is 20.2 Å². The molecule has 0 unspecified atom stereocenters. The quantitative estimate of drug-likeness (QED) is 0.248. The molecule has 0 radical (unpaired) electrons. The van der Waals surface area contributed by atoms with Crippen molar-refractivity contribution in [1.82, 2.24) is 39.7 Å². The summed E-state index contributed by atoms with van der Waals surface area (Å²) in [6.45, 7) is 5.15. The highest BCUT2D eigenvalue weighted by Crippen LogP contribution is 2.43. The van der Waals surface area contributed by atoms with Crippen LogP contribution in [-0.4, -0.2) is 85.3 Å². The van der Waals surface area contributed by atoms with Gasteiger partial charge in [-0.15, -0.1) is 0 Å². The summed E-state index contributed by atoms with van der Waals surface area (Å²) in [5, 5.41) is 26.9. The molecule has 0 saturated carbocycles. The molecule has 1 fully saturated rings. The fraction of sp³-hybridized carbons (Fsp3) is 0.361. The zero-order chi connectivity index (χ0) is 34.0. The van der Waals surface area contributed by atoms with Crippen LogP contribution in [0.15, 0.2) is 42.6 Å². The Bertz CT molecular complexity index is 2270. The van der Waals surface area contributed by atoms with Crippen LogP contribution in [0.25, 0.3) is 43.7 Å². The molecule has 1 amide bonds. The zero-order valence-electron chi connectivity index (χ0n) is 28.0. The molecule has 13 heteroatoms. The van der Waals surface area contributed by atoms with E-state index in [2.05, 4.69) is 15.3 Å². The highest BCUT2D eigenvalue weighted by Gasteiger charge is 2.27. The first kappa shape index (κ1) is 31.0. The molecule has 12 nitrogen and oxygen atoms in total. The van der Waals surface area contributed by atoms with Gasteiger partial charge in [0, 0.05) is 57.4 Å². The minimum atomic E-state index is -0.291. The Balaban J connectivity index is 1.35. The van der Waals surface area contributed by atoms with Crippen LogP contribution < -0.4 is 15.0 Å². The van der Waals surface area contributed by atoms with E-state index >= 15 is 4.39 Å². The Labute approximate surface area is 282 Å². The van der Waals surface area contributed by atoms with Gasteiger partial charge in [-0.05, 0) is 78.0 Å². The third-order valence-electron chi connectivity index (χ3n) is 9.61. The number of nitrogens with one attached hydrogen (secondary N) is 1. The monoisotopic (exact) mass is 663 g/mol. The number of aromatic hydroxyl groups is 1. The minimum Gasteiger partial charge on any atom is -0.508 e. The molecule has 49 heavy (non-hydrogen) atoms. The number of ether oxygens (including phenoxy) is 1. The number of phenolic OH excluding ortho intramolecular Hbond substituents is 1. The largest absolute Gasteiger partial charge is 0.508 e. The number of carbonyl (C=O) groups excluding carboxylic acids is 1. The van der Waals surface area contributed by atoms with Gasteiger partial charge < -0.3 is 25.0 Å². The lowest BCUT2D eigenvalue weighted by Crippen LogP contribution is -2.46. The molecule has 8 rings (SSSR count). The Hall–Kier alpha value is -5.30. The summed E-state index contributed by atoms with van der Waals surface area (Å²) >= 11 is 0. The number of benzene rings is 3. The number of fused-ring (bicyclic) bond motifs is 5. The predicted molar refractivity (Wildman–Crippen MR) is 186 cm³/mol. The van der Waals surface area contributed by atoms with Crippen molar-refractivity contribution in [2.24, 2.45) is 7.05 Å². The summed E-state index contributed by atoms with van der Waals surface area (Å²) in [6.07, 6.45) is 4.24. The van der Waals surface area contributed by atoms with E-state index in [-0.39, 0.29) is 29.5 Å². The first-order valence-corrected chi connectivity index (χ1v) is 16.7. The molecule has 1 saturated heterocycles. The van der Waals surface area contributed by atoms with Crippen LogP contribution in [0, 0.1) is 5.82 Å². The summed E-state index contributed by atoms with van der Waals surface area (Å²) in [4.78, 5) is 26.5. The number of hydrogen-bond donors (Lipinski definition) is 2. The Morgan fingerprint density at radius 3 is 2.69 bits per heavy atom. The summed E-state index contributed by atoms with van der Waals surface area (Å²) in [6, 6.07) is 10.8. The molecule has 2 N–H and O–H groups in total. The third-order valence-corrected chi connectivity index (χ3v) is 9.61. The number of anilines is 1. The van der Waals surface area contributed by atoms with Gasteiger partial charge in [0.15, 0.2) is 5.69 Å². The summed E-state index contributed by atoms with van der Waals surface area (Å²) in [5.74, 6) is 0.340. The van der Waals surface area contributed by atoms with Crippen molar-refractivity contribution >= 4 is 44.3 Å². The Kier molecular flexibility index (Phi) is 7.58. The number of phenols is 1. The van der Waals surface area contributed by atoms with E-state index in [1.165, 1.54) is 11.0 Å². The van der Waals surface area contributed by atoms with Crippen LogP contribution >= 0.6 is 0 Å². The van der Waals surface area contributed by atoms with Crippen molar-refractivity contribution in [3.8, 4) is 22.9 Å². The third kappa shape index (κ3) is 5.38. The molecule has 0 aliphatic carbocycles. The second kappa shape index (κ2) is 12.0. The van der Waals surface area contributed by atoms with Gasteiger partial charge in [-0.1, -0.05) is 13.0 Å². The summed E-state index contributed by atoms with van der Waals surface area (Å²) in [7, 11) is 5.31. The second-order valence-electron chi connectivity index (χ2n) is 13.2. The Morgan fingerprint density at radius 1 is 1.10 bits per heavy atom. The lowest BCUT2D eigenvalue weighted by Gasteiger charge is -2.27. The van der Waals surface area contributed by atoms with Gasteiger partial charge in [0.2, 0.25) is 0 Å². The number of hydrogen-bond acceptors (Lipinski definition) is 9. The maximum absolute atomic E-state index is 15.2. The molecule has 2 aliphatic rings. The molecule has 1 atom stereocenters. The molecule has 0 bridgehead atoms. The van der Waals surface area contributed by atoms with Crippen LogP contribution in [-0.2, 0) is 26.6 Å². The second-order valence-corrected chi connectivity index (χ2v) is 13.2. The van der Waals surface area contributed by atoms with Crippen LogP contribution in [0.2, 0.25) is 0 Å². The summed E-state index contributed by atoms with van der Waals surface area (Å²) in [5.41, 5.74) is 4.62. The molecule has 3 aromatic carbocycles. The van der Waals surface area contributed by atoms with Gasteiger partial charge in [-0.25, -0.2) is 4.39 Å². The molecule has 252 valence electrons. The van der Waals surface area contributed by atoms with Crippen molar-refractivity contribution in [3.05, 3.63) is 65.4 Å². The van der Waals surface area contributed by atoms with Gasteiger partial charge >= 0.3 is 6.01 Å². The van der Waals surface area contributed by atoms with E-state index in [0.717, 1.165) is 52.2 Å². The average molecular weight is 664 g/mol. The number of aromatic nitrogens is 6. The number of amides is 1. The van der Waals surface area contributed by atoms with Crippen LogP contribution in [0.3, 0.4) is 0 Å². The van der Waals surface area contributed by atoms with Crippen molar-refractivity contribution in [3.63, 3.8) is 0 Å². The van der Waals surface area contributed by atoms with E-state index in [0.29, 0.717) is 66.3 Å². The maximum Gasteiger partial charge on any atom is 0.319 e. The van der Waals surface area contributed by atoms with Crippen molar-refractivity contribution < 1.29 is 19.0 Å². The first-order chi connectivity index (χ1) is 23.7. The van der Waals surface area contributed by atoms with E-state index in [4.69, 9.17) is 19.8 Å². The van der Waals surface area contributed by atoms with Crippen molar-refractivity contribution in [2.75, 3.05) is 38.7 Å². The minimum absolute atomic E-state index is 0.0778. The van der Waals surface area contributed by atoms with Crippen LogP contribution in [0.5, 0.6) is 11.8 Å². The van der Waals surface area contributed by atoms with E-state index in [9.17, 15) is 9.90 Å². The molecule has 2 aliphatic heterocycles. The van der Waals surface area contributed by atoms with Crippen LogP contribution in [0.4, 0.5) is 10.2 Å². The number of rotatable bonds is 7. The number of carbonyl (C=O) groups is 1. The van der Waals surface area contributed by atoms with E-state index in [1.807, 2.05) is 37.0 Å². The van der Waals surface area contributed by atoms with E-state index in [1.54, 1.807) is 37.0 Å². The van der Waals surface area contributed by atoms with Gasteiger partial charge in [-0.3, -0.25) is 14.2 Å². The highest BCUT2D eigenvalue weighted by atomic mass is 19.1. The molecule has 3 aromatic heterocycles. The highest BCUT2D eigenvalue weighted by molar-refractivity contribution is 6.17.